The second-order valence-corrected chi connectivity index (χ2v) is 7.05. The molecule has 26 heavy (non-hydrogen) atoms. The van der Waals surface area contributed by atoms with Gasteiger partial charge in [0.15, 0.2) is 0 Å². The third-order valence-corrected chi connectivity index (χ3v) is 4.80. The van der Waals surface area contributed by atoms with Crippen LogP contribution in [0.15, 0.2) is 28.7 Å². The predicted molar refractivity (Wildman–Crippen MR) is 94.8 cm³/mol. The number of imidazole rings is 1. The Morgan fingerprint density at radius 1 is 1.19 bits per heavy atom. The minimum atomic E-state index is -0.284. The largest absolute Gasteiger partial charge is 0.419 e. The molecule has 0 radical (unpaired) electrons. The Balaban J connectivity index is 1.47. The molecule has 3 aromatic rings. The van der Waals surface area contributed by atoms with Gasteiger partial charge in [-0.05, 0) is 24.3 Å². The van der Waals surface area contributed by atoms with Gasteiger partial charge in [-0.15, -0.1) is 10.2 Å². The highest BCUT2D eigenvalue weighted by molar-refractivity contribution is 5.51. The number of nitrogens with zero attached hydrogens (tertiary/aromatic N) is 5. The normalized spacial score (nSPS) is 14.8. The second kappa shape index (κ2) is 6.64. The summed E-state index contributed by atoms with van der Waals surface area (Å²) in [6.07, 6.45) is 0.963. The molecule has 0 unspecified atom stereocenters. The van der Waals surface area contributed by atoms with Crippen LogP contribution in [0.2, 0.25) is 0 Å². The molecule has 2 aromatic heterocycles. The zero-order chi connectivity index (χ0) is 18.3. The molecule has 1 aliphatic heterocycles. The summed E-state index contributed by atoms with van der Waals surface area (Å²) in [7, 11) is 2.10. The SMILES string of the molecule is CC(C)c1nc2c(n1C)CCN(Cc1nnc(-c3ccc(F)cc3)o1)C2. The summed E-state index contributed by atoms with van der Waals surface area (Å²) >= 11 is 0. The van der Waals surface area contributed by atoms with Gasteiger partial charge in [-0.3, -0.25) is 4.90 Å². The standard InChI is InChI=1S/C19H22FN5O/c1-12(2)18-21-15-10-25(9-8-16(15)24(18)3)11-17-22-23-19(26-17)13-4-6-14(20)7-5-13/h4-7,12H,8-11H2,1-3H3. The van der Waals surface area contributed by atoms with E-state index in [2.05, 4.69) is 40.6 Å². The van der Waals surface area contributed by atoms with E-state index in [-0.39, 0.29) is 5.82 Å². The van der Waals surface area contributed by atoms with Crippen molar-refractivity contribution in [2.75, 3.05) is 6.54 Å². The first-order valence-electron chi connectivity index (χ1n) is 8.86. The maximum atomic E-state index is 13.0. The van der Waals surface area contributed by atoms with E-state index in [1.807, 2.05) is 0 Å². The van der Waals surface area contributed by atoms with Crippen LogP contribution in [0.25, 0.3) is 11.5 Å². The Morgan fingerprint density at radius 3 is 2.69 bits per heavy atom. The van der Waals surface area contributed by atoms with E-state index in [1.165, 1.54) is 17.8 Å². The number of halogens is 1. The molecule has 0 spiro atoms. The van der Waals surface area contributed by atoms with Crippen molar-refractivity contribution in [1.82, 2.24) is 24.6 Å². The molecule has 0 N–H and O–H groups in total. The molecule has 0 amide bonds. The molecule has 0 saturated heterocycles. The average molecular weight is 355 g/mol. The van der Waals surface area contributed by atoms with Gasteiger partial charge in [-0.25, -0.2) is 9.37 Å². The number of benzene rings is 1. The molecule has 0 fully saturated rings. The van der Waals surface area contributed by atoms with Gasteiger partial charge in [0, 0.05) is 43.7 Å². The number of rotatable bonds is 4. The van der Waals surface area contributed by atoms with Crippen molar-refractivity contribution in [1.29, 1.82) is 0 Å². The van der Waals surface area contributed by atoms with Crippen molar-refractivity contribution in [3.05, 3.63) is 53.2 Å². The Morgan fingerprint density at radius 2 is 1.96 bits per heavy atom. The van der Waals surface area contributed by atoms with E-state index < -0.39 is 0 Å². The lowest BCUT2D eigenvalue weighted by Gasteiger charge is -2.25. The fraction of sp³-hybridized carbons (Fsp3) is 0.421. The molecular formula is C19H22FN5O. The Labute approximate surface area is 151 Å². The van der Waals surface area contributed by atoms with E-state index in [1.54, 1.807) is 12.1 Å². The van der Waals surface area contributed by atoms with Crippen LogP contribution in [-0.2, 0) is 26.6 Å². The molecule has 4 rings (SSSR count). The van der Waals surface area contributed by atoms with Gasteiger partial charge < -0.3 is 8.98 Å². The fourth-order valence-corrected chi connectivity index (χ4v) is 3.47. The molecule has 0 atom stereocenters. The minimum absolute atomic E-state index is 0.284. The van der Waals surface area contributed by atoms with E-state index >= 15 is 0 Å². The average Bonchev–Trinajstić information content (AvgIpc) is 3.20. The number of aromatic nitrogens is 4. The Hall–Kier alpha value is -2.54. The van der Waals surface area contributed by atoms with Crippen LogP contribution in [0, 0.1) is 5.82 Å². The van der Waals surface area contributed by atoms with Crippen LogP contribution >= 0.6 is 0 Å². The third kappa shape index (κ3) is 3.14. The van der Waals surface area contributed by atoms with Crippen LogP contribution in [0.5, 0.6) is 0 Å². The highest BCUT2D eigenvalue weighted by Gasteiger charge is 2.24. The molecule has 1 aromatic carbocycles. The maximum Gasteiger partial charge on any atom is 0.247 e. The number of hydrogen-bond acceptors (Lipinski definition) is 5. The van der Waals surface area contributed by atoms with Gasteiger partial charge in [-0.2, -0.15) is 0 Å². The van der Waals surface area contributed by atoms with E-state index in [0.29, 0.717) is 24.2 Å². The first-order valence-corrected chi connectivity index (χ1v) is 8.86. The zero-order valence-electron chi connectivity index (χ0n) is 15.2. The van der Waals surface area contributed by atoms with Crippen LogP contribution in [0.4, 0.5) is 4.39 Å². The predicted octanol–water partition coefficient (Wildman–Crippen LogP) is 3.29. The van der Waals surface area contributed by atoms with Crippen LogP contribution in [0.3, 0.4) is 0 Å². The summed E-state index contributed by atoms with van der Waals surface area (Å²) in [4.78, 5) is 7.09. The molecular weight excluding hydrogens is 333 g/mol. The number of fused-ring (bicyclic) bond motifs is 1. The lowest BCUT2D eigenvalue weighted by Crippen LogP contribution is -2.30. The number of hydrogen-bond donors (Lipinski definition) is 0. The summed E-state index contributed by atoms with van der Waals surface area (Å²) in [5, 5.41) is 8.22. The molecule has 6 nitrogen and oxygen atoms in total. The zero-order valence-corrected chi connectivity index (χ0v) is 15.2. The quantitative estimate of drug-likeness (QED) is 0.719. The van der Waals surface area contributed by atoms with Gasteiger partial charge in [0.25, 0.3) is 0 Å². The summed E-state index contributed by atoms with van der Waals surface area (Å²) in [5.41, 5.74) is 3.18. The van der Waals surface area contributed by atoms with Gasteiger partial charge in [0.1, 0.15) is 11.6 Å². The Kier molecular flexibility index (Phi) is 4.32. The first kappa shape index (κ1) is 16.9. The molecule has 136 valence electrons. The molecule has 0 saturated carbocycles. The molecule has 0 bridgehead atoms. The van der Waals surface area contributed by atoms with Crippen molar-refractivity contribution < 1.29 is 8.81 Å². The smallest absolute Gasteiger partial charge is 0.247 e. The molecule has 3 heterocycles. The summed E-state index contributed by atoms with van der Waals surface area (Å²) in [6, 6.07) is 6.06. The van der Waals surface area contributed by atoms with E-state index in [4.69, 9.17) is 9.40 Å². The van der Waals surface area contributed by atoms with Crippen LogP contribution < -0.4 is 0 Å². The van der Waals surface area contributed by atoms with Gasteiger partial charge >= 0.3 is 0 Å². The van der Waals surface area contributed by atoms with Crippen LogP contribution in [-0.4, -0.2) is 31.2 Å². The monoisotopic (exact) mass is 355 g/mol. The van der Waals surface area contributed by atoms with Crippen molar-refractivity contribution in [2.24, 2.45) is 7.05 Å². The second-order valence-electron chi connectivity index (χ2n) is 7.05. The van der Waals surface area contributed by atoms with Crippen molar-refractivity contribution in [2.45, 2.75) is 39.3 Å². The maximum absolute atomic E-state index is 13.0. The Bertz CT molecular complexity index is 913. The van der Waals surface area contributed by atoms with Gasteiger partial charge in [0.05, 0.1) is 12.2 Å². The summed E-state index contributed by atoms with van der Waals surface area (Å²) in [5.74, 6) is 2.24. The highest BCUT2D eigenvalue weighted by atomic mass is 19.1. The third-order valence-electron chi connectivity index (χ3n) is 4.80. The minimum Gasteiger partial charge on any atom is -0.419 e. The van der Waals surface area contributed by atoms with Gasteiger partial charge in [-0.1, -0.05) is 13.8 Å². The van der Waals surface area contributed by atoms with E-state index in [0.717, 1.165) is 36.6 Å². The van der Waals surface area contributed by atoms with Gasteiger partial charge in [0.2, 0.25) is 11.8 Å². The molecule has 7 heteroatoms. The topological polar surface area (TPSA) is 60.0 Å². The van der Waals surface area contributed by atoms with E-state index in [9.17, 15) is 4.39 Å². The van der Waals surface area contributed by atoms with Crippen molar-refractivity contribution >= 4 is 0 Å². The first-order chi connectivity index (χ1) is 12.5. The lowest BCUT2D eigenvalue weighted by molar-refractivity contribution is 0.217. The summed E-state index contributed by atoms with van der Waals surface area (Å²) < 4.78 is 21.0. The fourth-order valence-electron chi connectivity index (χ4n) is 3.47. The molecule has 1 aliphatic rings. The molecule has 0 aliphatic carbocycles. The summed E-state index contributed by atoms with van der Waals surface area (Å²) in [6.45, 7) is 6.63. The van der Waals surface area contributed by atoms with Crippen molar-refractivity contribution in [3.8, 4) is 11.5 Å². The lowest BCUT2D eigenvalue weighted by atomic mass is 10.1. The highest BCUT2D eigenvalue weighted by Crippen LogP contribution is 2.25. The van der Waals surface area contributed by atoms with Crippen LogP contribution in [0.1, 0.15) is 42.9 Å². The van der Waals surface area contributed by atoms with Crippen molar-refractivity contribution in [3.63, 3.8) is 0 Å².